The van der Waals surface area contributed by atoms with Gasteiger partial charge >= 0.3 is 11.9 Å². The van der Waals surface area contributed by atoms with E-state index in [0.717, 1.165) is 51.7 Å². The average Bonchev–Trinajstić information content (AvgIpc) is 3.03. The van der Waals surface area contributed by atoms with E-state index in [9.17, 15) is 9.59 Å². The van der Waals surface area contributed by atoms with Gasteiger partial charge in [0.05, 0.1) is 13.2 Å². The fourth-order valence-electron chi connectivity index (χ4n) is 7.99. The van der Waals surface area contributed by atoms with E-state index < -0.39 is 11.9 Å². The quantitative estimate of drug-likeness (QED) is 0.0893. The van der Waals surface area contributed by atoms with E-state index in [-0.39, 0.29) is 35.0 Å². The van der Waals surface area contributed by atoms with Crippen LogP contribution in [0.2, 0.25) is 0 Å². The molecule has 0 saturated carbocycles. The maximum atomic E-state index is 10.1. The van der Waals surface area contributed by atoms with Crippen LogP contribution in [0, 0.1) is 0 Å². The molecule has 0 amide bonds. The molecule has 2 aliphatic rings. The Kier molecular flexibility index (Phi) is 27.6. The fourth-order valence-corrected chi connectivity index (χ4v) is 7.99. The molecule has 2 N–H and O–H groups in total. The number of carboxylic acids is 2. The minimum absolute atomic E-state index is 0.184. The lowest BCUT2D eigenvalue weighted by Gasteiger charge is -2.51. The lowest BCUT2D eigenvalue weighted by molar-refractivity contribution is -0.281. The topological polar surface area (TPSA) is 99.5 Å². The largest absolute Gasteiger partial charge is 0.481 e. The second-order valence-electron chi connectivity index (χ2n) is 18.2. The third kappa shape index (κ3) is 24.2. The molecular formula is C44H88N2O6. The van der Waals surface area contributed by atoms with E-state index in [1.54, 1.807) is 0 Å². The van der Waals surface area contributed by atoms with Crippen molar-refractivity contribution in [2.24, 2.45) is 0 Å². The van der Waals surface area contributed by atoms with E-state index in [1.807, 2.05) is 0 Å². The molecule has 310 valence electrons. The number of hydrogen-bond donors (Lipinski definition) is 2. The van der Waals surface area contributed by atoms with Crippen LogP contribution in [0.3, 0.4) is 0 Å². The Hall–Kier alpha value is -1.22. The Morgan fingerprint density at radius 1 is 0.442 bits per heavy atom. The predicted molar refractivity (Wildman–Crippen MR) is 219 cm³/mol. The minimum atomic E-state index is -0.740. The smallest absolute Gasteiger partial charge is 0.303 e. The van der Waals surface area contributed by atoms with E-state index in [1.165, 1.54) is 116 Å². The van der Waals surface area contributed by atoms with Crippen LogP contribution in [0.15, 0.2) is 0 Å². The van der Waals surface area contributed by atoms with Crippen LogP contribution in [-0.2, 0) is 19.3 Å². The third-order valence-electron chi connectivity index (χ3n) is 10.8. The van der Waals surface area contributed by atoms with Gasteiger partial charge in [0.15, 0.2) is 0 Å². The van der Waals surface area contributed by atoms with Gasteiger partial charge in [-0.15, -0.1) is 0 Å². The Balaban J connectivity index is 0.000000762. The summed E-state index contributed by atoms with van der Waals surface area (Å²) in [6.07, 6.45) is 29.4. The monoisotopic (exact) mass is 741 g/mol. The van der Waals surface area contributed by atoms with Gasteiger partial charge in [0.2, 0.25) is 0 Å². The van der Waals surface area contributed by atoms with Gasteiger partial charge in [0, 0.05) is 35.0 Å². The Bertz CT molecular complexity index is 799. The normalized spacial score (nSPS) is 19.2. The fraction of sp³-hybridized carbons (Fsp3) is 0.955. The average molecular weight is 741 g/mol. The summed E-state index contributed by atoms with van der Waals surface area (Å²) in [5, 5.41) is 21.3. The van der Waals surface area contributed by atoms with Crippen molar-refractivity contribution in [1.82, 2.24) is 10.1 Å². The van der Waals surface area contributed by atoms with E-state index in [2.05, 4.69) is 79.4 Å². The van der Waals surface area contributed by atoms with E-state index in [0.29, 0.717) is 0 Å². The molecule has 0 aliphatic carbocycles. The highest BCUT2D eigenvalue weighted by molar-refractivity contribution is 5.66. The SMILES string of the molecule is CCCCCCCCON1C(C)(C)CCCC1(C)C.CCCCCCCCON1C(C)(C)CCCC1(C)C.O=C(O)CCCCCCCCC(=O)O. The highest BCUT2D eigenvalue weighted by Gasteiger charge is 2.43. The number of nitrogens with zero attached hydrogens (tertiary/aromatic N) is 2. The molecule has 8 nitrogen and oxygen atoms in total. The van der Waals surface area contributed by atoms with Gasteiger partial charge in [0.25, 0.3) is 0 Å². The molecule has 52 heavy (non-hydrogen) atoms. The molecule has 0 spiro atoms. The minimum Gasteiger partial charge on any atom is -0.481 e. The highest BCUT2D eigenvalue weighted by Crippen LogP contribution is 2.39. The summed E-state index contributed by atoms with van der Waals surface area (Å²) >= 11 is 0. The summed E-state index contributed by atoms with van der Waals surface area (Å²) < 4.78 is 0. The Morgan fingerprint density at radius 2 is 0.692 bits per heavy atom. The Labute approximate surface area is 322 Å². The van der Waals surface area contributed by atoms with E-state index in [4.69, 9.17) is 19.9 Å². The van der Waals surface area contributed by atoms with Crippen LogP contribution < -0.4 is 0 Å². The zero-order valence-electron chi connectivity index (χ0n) is 36.2. The van der Waals surface area contributed by atoms with Gasteiger partial charge in [-0.25, -0.2) is 0 Å². The van der Waals surface area contributed by atoms with Gasteiger partial charge < -0.3 is 10.2 Å². The number of carboxylic acid groups (broad SMARTS) is 2. The van der Waals surface area contributed by atoms with Crippen LogP contribution in [0.1, 0.15) is 236 Å². The van der Waals surface area contributed by atoms with Crippen molar-refractivity contribution in [3.63, 3.8) is 0 Å². The maximum Gasteiger partial charge on any atom is 0.303 e. The maximum absolute atomic E-state index is 10.1. The van der Waals surface area contributed by atoms with Gasteiger partial charge in [-0.3, -0.25) is 19.3 Å². The van der Waals surface area contributed by atoms with Crippen LogP contribution >= 0.6 is 0 Å². The first-order valence-electron chi connectivity index (χ1n) is 21.7. The second-order valence-corrected chi connectivity index (χ2v) is 18.2. The summed E-state index contributed by atoms with van der Waals surface area (Å²) in [5.74, 6) is -1.48. The number of rotatable bonds is 25. The summed E-state index contributed by atoms with van der Waals surface area (Å²) in [5.41, 5.74) is 0.738. The van der Waals surface area contributed by atoms with Crippen LogP contribution in [-0.4, -0.2) is 67.6 Å². The number of unbranched alkanes of at least 4 members (excludes halogenated alkanes) is 15. The first kappa shape index (κ1) is 50.8. The summed E-state index contributed by atoms with van der Waals surface area (Å²) in [6, 6.07) is 0. The van der Waals surface area contributed by atoms with Crippen molar-refractivity contribution in [3.05, 3.63) is 0 Å². The molecular weight excluding hydrogens is 652 g/mol. The number of aliphatic carboxylic acids is 2. The Morgan fingerprint density at radius 3 is 0.962 bits per heavy atom. The van der Waals surface area contributed by atoms with Crippen molar-refractivity contribution in [3.8, 4) is 0 Å². The van der Waals surface area contributed by atoms with Gasteiger partial charge in [-0.2, -0.15) is 10.1 Å². The third-order valence-corrected chi connectivity index (χ3v) is 10.8. The lowest BCUT2D eigenvalue weighted by atomic mass is 9.82. The van der Waals surface area contributed by atoms with Gasteiger partial charge in [-0.1, -0.05) is 104 Å². The molecule has 2 heterocycles. The van der Waals surface area contributed by atoms with Crippen molar-refractivity contribution in [2.45, 2.75) is 258 Å². The van der Waals surface area contributed by atoms with Crippen LogP contribution in [0.4, 0.5) is 0 Å². The van der Waals surface area contributed by atoms with Gasteiger partial charge in [0.1, 0.15) is 0 Å². The summed E-state index contributed by atoms with van der Waals surface area (Å²) in [7, 11) is 0. The highest BCUT2D eigenvalue weighted by atomic mass is 16.7. The molecule has 0 atom stereocenters. The first-order valence-corrected chi connectivity index (χ1v) is 21.7. The molecule has 2 rings (SSSR count). The zero-order valence-corrected chi connectivity index (χ0v) is 36.2. The number of piperidine rings is 2. The second kappa shape index (κ2) is 28.2. The molecule has 0 bridgehead atoms. The van der Waals surface area contributed by atoms with Crippen molar-refractivity contribution >= 4 is 11.9 Å². The lowest BCUT2D eigenvalue weighted by Crippen LogP contribution is -2.58. The molecule has 2 fully saturated rings. The molecule has 0 unspecified atom stereocenters. The molecule has 0 radical (unpaired) electrons. The number of carbonyl (C=O) groups is 2. The van der Waals surface area contributed by atoms with Gasteiger partial charge in [-0.05, 0) is 120 Å². The molecule has 0 aromatic carbocycles. The van der Waals surface area contributed by atoms with E-state index >= 15 is 0 Å². The van der Waals surface area contributed by atoms with Crippen LogP contribution in [0.25, 0.3) is 0 Å². The van der Waals surface area contributed by atoms with Crippen molar-refractivity contribution in [1.29, 1.82) is 0 Å². The van der Waals surface area contributed by atoms with Crippen LogP contribution in [0.5, 0.6) is 0 Å². The number of hydrogen-bond acceptors (Lipinski definition) is 6. The molecule has 0 aromatic heterocycles. The molecule has 2 saturated heterocycles. The van der Waals surface area contributed by atoms with Crippen molar-refractivity contribution in [2.75, 3.05) is 13.2 Å². The number of hydroxylamine groups is 4. The summed E-state index contributed by atoms with van der Waals surface area (Å²) in [4.78, 5) is 32.6. The molecule has 0 aromatic rings. The van der Waals surface area contributed by atoms with Crippen molar-refractivity contribution < 1.29 is 29.5 Å². The molecule has 8 heteroatoms. The predicted octanol–water partition coefficient (Wildman–Crippen LogP) is 12.9. The summed E-state index contributed by atoms with van der Waals surface area (Å²) in [6.45, 7) is 24.8. The molecule has 2 aliphatic heterocycles. The zero-order chi connectivity index (χ0) is 39.5. The first-order chi connectivity index (χ1) is 24.4. The standard InChI is InChI=1S/2C17H35NO.C10H18O4/c2*1-6-7-8-9-10-11-15-19-18-16(2,3)13-12-14-17(18,4)5;11-9(12)7-5-3-1-2-4-6-8-10(13)14/h2*6-15H2,1-5H3;1-8H2,(H,11,12)(H,13,14).